The highest BCUT2D eigenvalue weighted by atomic mass is 32.2. The Labute approximate surface area is 154 Å². The number of imide groups is 1. The lowest BCUT2D eigenvalue weighted by Gasteiger charge is -2.14. The van der Waals surface area contributed by atoms with Crippen LogP contribution in [0.25, 0.3) is 16.5 Å². The second-order valence-electron chi connectivity index (χ2n) is 5.88. The van der Waals surface area contributed by atoms with E-state index in [1.807, 2.05) is 54.7 Å². The average molecular weight is 364 g/mol. The summed E-state index contributed by atoms with van der Waals surface area (Å²) in [5.74, 6) is 0.402. The molecule has 2 amide bonds. The molecule has 2 heterocycles. The average Bonchev–Trinajstić information content (AvgIpc) is 3.25. The predicted molar refractivity (Wildman–Crippen MR) is 103 cm³/mol. The van der Waals surface area contributed by atoms with E-state index in [1.165, 1.54) is 0 Å². The van der Waals surface area contributed by atoms with E-state index in [-0.39, 0.29) is 11.1 Å². The number of hydrogen-bond acceptors (Lipinski definition) is 4. The predicted octanol–water partition coefficient (Wildman–Crippen LogP) is 4.11. The van der Waals surface area contributed by atoms with Crippen LogP contribution < -0.4 is 10.1 Å². The van der Waals surface area contributed by atoms with Crippen molar-refractivity contribution in [3.63, 3.8) is 0 Å². The van der Waals surface area contributed by atoms with Crippen LogP contribution in [-0.2, 0) is 11.2 Å². The second kappa shape index (κ2) is 6.72. The highest BCUT2D eigenvalue weighted by Crippen LogP contribution is 2.38. The monoisotopic (exact) mass is 364 g/mol. The molecule has 0 saturated carbocycles. The molecule has 2 N–H and O–H groups in total. The number of allylic oxidation sites excluding steroid dienone is 1. The fraction of sp³-hybridized carbons (Fsp3) is 0.100. The number of ether oxygens (including phenoxy) is 1. The van der Waals surface area contributed by atoms with Crippen LogP contribution in [0.4, 0.5) is 4.79 Å². The van der Waals surface area contributed by atoms with Crippen molar-refractivity contribution in [3.05, 3.63) is 70.8 Å². The first-order valence-corrected chi connectivity index (χ1v) is 8.93. The van der Waals surface area contributed by atoms with Crippen LogP contribution in [0.15, 0.2) is 59.6 Å². The van der Waals surface area contributed by atoms with Crippen LogP contribution in [0.1, 0.15) is 11.1 Å². The maximum atomic E-state index is 12.4. The number of H-pyrrole nitrogens is 1. The first-order chi connectivity index (χ1) is 12.7. The van der Waals surface area contributed by atoms with Gasteiger partial charge in [-0.3, -0.25) is 14.9 Å². The number of rotatable bonds is 4. The minimum absolute atomic E-state index is 0.344. The molecule has 3 aromatic rings. The summed E-state index contributed by atoms with van der Waals surface area (Å²) in [4.78, 5) is 27.8. The van der Waals surface area contributed by atoms with Crippen LogP contribution in [0.5, 0.6) is 5.75 Å². The van der Waals surface area contributed by atoms with Crippen molar-refractivity contribution in [2.75, 3.05) is 7.11 Å². The van der Waals surface area contributed by atoms with Crippen molar-refractivity contribution in [2.24, 2.45) is 0 Å². The third kappa shape index (κ3) is 2.88. The van der Waals surface area contributed by atoms with Gasteiger partial charge in [0.25, 0.3) is 11.1 Å². The fourth-order valence-electron chi connectivity index (χ4n) is 3.20. The van der Waals surface area contributed by atoms with Crippen molar-refractivity contribution in [2.45, 2.75) is 6.42 Å². The molecule has 0 spiro atoms. The summed E-state index contributed by atoms with van der Waals surface area (Å²) in [5.41, 5.74) is 3.68. The van der Waals surface area contributed by atoms with Crippen molar-refractivity contribution >= 4 is 39.4 Å². The third-order valence-corrected chi connectivity index (χ3v) is 5.29. The topological polar surface area (TPSA) is 71.2 Å². The minimum atomic E-state index is -0.350. The summed E-state index contributed by atoms with van der Waals surface area (Å²) < 4.78 is 5.46. The highest BCUT2D eigenvalue weighted by molar-refractivity contribution is 8.18. The lowest BCUT2D eigenvalue weighted by Crippen LogP contribution is -2.18. The Morgan fingerprint density at radius 2 is 1.92 bits per heavy atom. The number of fused-ring (bicyclic) bond motifs is 1. The highest BCUT2D eigenvalue weighted by Gasteiger charge is 2.30. The molecule has 1 aliphatic rings. The normalized spacial score (nSPS) is 16.0. The van der Waals surface area contributed by atoms with Crippen LogP contribution in [0.2, 0.25) is 0 Å². The summed E-state index contributed by atoms with van der Waals surface area (Å²) in [6.07, 6.45) is 2.35. The Bertz CT molecular complexity index is 1050. The van der Waals surface area contributed by atoms with E-state index in [4.69, 9.17) is 4.74 Å². The number of hydrogen-bond donors (Lipinski definition) is 2. The fourth-order valence-corrected chi connectivity index (χ4v) is 3.98. The summed E-state index contributed by atoms with van der Waals surface area (Å²) in [6, 6.07) is 15.6. The number of para-hydroxylation sites is 1. The molecule has 26 heavy (non-hydrogen) atoms. The van der Waals surface area contributed by atoms with E-state index in [0.29, 0.717) is 11.3 Å². The summed E-state index contributed by atoms with van der Waals surface area (Å²) in [5, 5.41) is 3.03. The van der Waals surface area contributed by atoms with E-state index in [0.717, 1.165) is 45.1 Å². The van der Waals surface area contributed by atoms with Gasteiger partial charge in [0, 0.05) is 23.5 Å². The number of benzene rings is 2. The number of methoxy groups -OCH3 is 1. The molecule has 2 aromatic carbocycles. The van der Waals surface area contributed by atoms with Crippen LogP contribution in [-0.4, -0.2) is 23.2 Å². The lowest BCUT2D eigenvalue weighted by atomic mass is 9.94. The quantitative estimate of drug-likeness (QED) is 0.684. The standard InChI is InChI=1S/C20H16N2O3S/c1-25-17-8-3-2-5-12(17)11-15(18-19(23)22-20(24)26-18)13-6-4-7-16-14(13)9-10-21-16/h2-10,21H,11H2,1H3,(H,22,23,24). The number of carbonyl (C=O) groups excluding carboxylic acids is 2. The molecule has 0 unspecified atom stereocenters. The van der Waals surface area contributed by atoms with Gasteiger partial charge >= 0.3 is 0 Å². The van der Waals surface area contributed by atoms with Crippen molar-refractivity contribution in [1.82, 2.24) is 10.3 Å². The SMILES string of the molecule is COc1ccccc1CC(=C1SC(=O)NC1=O)c1cccc2[nH]ccc12. The van der Waals surface area contributed by atoms with Crippen LogP contribution in [0.3, 0.4) is 0 Å². The Morgan fingerprint density at radius 3 is 2.69 bits per heavy atom. The number of nitrogens with one attached hydrogen (secondary N) is 2. The Morgan fingerprint density at radius 1 is 1.08 bits per heavy atom. The Kier molecular flexibility index (Phi) is 4.26. The third-order valence-electron chi connectivity index (χ3n) is 4.37. The maximum absolute atomic E-state index is 12.4. The van der Waals surface area contributed by atoms with E-state index in [2.05, 4.69) is 10.3 Å². The molecule has 1 aliphatic heterocycles. The van der Waals surface area contributed by atoms with Crippen LogP contribution >= 0.6 is 11.8 Å². The molecule has 0 atom stereocenters. The summed E-state index contributed by atoms with van der Waals surface area (Å²) in [6.45, 7) is 0. The zero-order valence-corrected chi connectivity index (χ0v) is 14.9. The van der Waals surface area contributed by atoms with Gasteiger partial charge in [-0.15, -0.1) is 0 Å². The van der Waals surface area contributed by atoms with Crippen molar-refractivity contribution in [3.8, 4) is 5.75 Å². The van der Waals surface area contributed by atoms with E-state index in [9.17, 15) is 9.59 Å². The number of carbonyl (C=O) groups is 2. The first-order valence-electron chi connectivity index (χ1n) is 8.12. The molecule has 0 bridgehead atoms. The molecular weight excluding hydrogens is 348 g/mol. The minimum Gasteiger partial charge on any atom is -0.496 e. The van der Waals surface area contributed by atoms with E-state index < -0.39 is 0 Å². The van der Waals surface area contributed by atoms with Gasteiger partial charge in [0.1, 0.15) is 5.75 Å². The van der Waals surface area contributed by atoms with Crippen LogP contribution in [0, 0.1) is 0 Å². The van der Waals surface area contributed by atoms with Gasteiger partial charge in [0.05, 0.1) is 12.0 Å². The summed E-state index contributed by atoms with van der Waals surface area (Å²) in [7, 11) is 1.62. The second-order valence-corrected chi connectivity index (χ2v) is 6.87. The molecule has 1 aromatic heterocycles. The van der Waals surface area contributed by atoms with Gasteiger partial charge in [0.2, 0.25) is 0 Å². The maximum Gasteiger partial charge on any atom is 0.290 e. The molecular formula is C20H16N2O3S. The zero-order valence-electron chi connectivity index (χ0n) is 14.0. The lowest BCUT2D eigenvalue weighted by molar-refractivity contribution is -0.115. The van der Waals surface area contributed by atoms with Crippen molar-refractivity contribution in [1.29, 1.82) is 0 Å². The number of aromatic nitrogens is 1. The van der Waals surface area contributed by atoms with Gasteiger partial charge < -0.3 is 9.72 Å². The number of amides is 2. The van der Waals surface area contributed by atoms with Gasteiger partial charge in [-0.25, -0.2) is 0 Å². The molecule has 6 heteroatoms. The van der Waals surface area contributed by atoms with Gasteiger partial charge in [0.15, 0.2) is 0 Å². The molecule has 4 rings (SSSR count). The molecule has 1 fully saturated rings. The van der Waals surface area contributed by atoms with Gasteiger partial charge in [-0.05, 0) is 46.7 Å². The summed E-state index contributed by atoms with van der Waals surface area (Å²) >= 11 is 0.949. The molecule has 1 saturated heterocycles. The largest absolute Gasteiger partial charge is 0.496 e. The smallest absolute Gasteiger partial charge is 0.290 e. The Balaban J connectivity index is 1.91. The van der Waals surface area contributed by atoms with E-state index in [1.54, 1.807) is 7.11 Å². The molecule has 0 radical (unpaired) electrons. The van der Waals surface area contributed by atoms with Gasteiger partial charge in [-0.2, -0.15) is 0 Å². The molecule has 0 aliphatic carbocycles. The Hall–Kier alpha value is -2.99. The van der Waals surface area contributed by atoms with E-state index >= 15 is 0 Å². The van der Waals surface area contributed by atoms with Gasteiger partial charge in [-0.1, -0.05) is 30.3 Å². The zero-order chi connectivity index (χ0) is 18.1. The molecule has 130 valence electrons. The molecule has 5 nitrogen and oxygen atoms in total. The number of thioether (sulfide) groups is 1. The first kappa shape index (κ1) is 16.5. The number of aromatic amines is 1. The van der Waals surface area contributed by atoms with Crippen molar-refractivity contribution < 1.29 is 14.3 Å².